The Bertz CT molecular complexity index is 848. The van der Waals surface area contributed by atoms with E-state index in [-0.39, 0.29) is 23.4 Å². The van der Waals surface area contributed by atoms with Crippen molar-refractivity contribution in [3.63, 3.8) is 0 Å². The summed E-state index contributed by atoms with van der Waals surface area (Å²) in [5, 5.41) is 6.53. The van der Waals surface area contributed by atoms with Crippen LogP contribution < -0.4 is 10.6 Å². The molecule has 2 heterocycles. The minimum absolute atomic E-state index is 0.00673. The first-order chi connectivity index (χ1) is 13.1. The normalized spacial score (nSPS) is 21.3. The van der Waals surface area contributed by atoms with Gasteiger partial charge >= 0.3 is 0 Å². The second kappa shape index (κ2) is 7.12. The standard InChI is InChI=1S/C21H22FN3O2/c22-17-9-5-4-8-16(17)20(27)25-12-10-21(11-13-25)23-18(19(26)24-21)14-15-6-2-1-3-7-15/h1-9,18,23H,10-14H2,(H,24,26). The number of piperidine rings is 1. The van der Waals surface area contributed by atoms with Crippen LogP contribution in [0, 0.1) is 5.82 Å². The fourth-order valence-electron chi connectivity index (χ4n) is 3.92. The molecule has 5 nitrogen and oxygen atoms in total. The molecule has 4 rings (SSSR count). The molecule has 2 aliphatic rings. The average Bonchev–Trinajstić information content (AvgIpc) is 2.98. The molecule has 2 aliphatic heterocycles. The van der Waals surface area contributed by atoms with Crippen LogP contribution >= 0.6 is 0 Å². The van der Waals surface area contributed by atoms with E-state index < -0.39 is 11.5 Å². The van der Waals surface area contributed by atoms with Crippen molar-refractivity contribution in [2.24, 2.45) is 0 Å². The molecule has 0 bridgehead atoms. The van der Waals surface area contributed by atoms with E-state index in [2.05, 4.69) is 10.6 Å². The summed E-state index contributed by atoms with van der Waals surface area (Å²) < 4.78 is 13.9. The Kier molecular flexibility index (Phi) is 4.66. The second-order valence-corrected chi connectivity index (χ2v) is 7.23. The Morgan fingerprint density at radius 2 is 1.74 bits per heavy atom. The number of nitrogens with one attached hydrogen (secondary N) is 2. The molecule has 6 heteroatoms. The Balaban J connectivity index is 1.39. The van der Waals surface area contributed by atoms with E-state index >= 15 is 0 Å². The molecule has 1 spiro atoms. The Hall–Kier alpha value is -2.73. The topological polar surface area (TPSA) is 61.4 Å². The Morgan fingerprint density at radius 1 is 1.07 bits per heavy atom. The zero-order valence-corrected chi connectivity index (χ0v) is 15.0. The van der Waals surface area contributed by atoms with Crippen molar-refractivity contribution >= 4 is 11.8 Å². The van der Waals surface area contributed by atoms with Gasteiger partial charge in [0.05, 0.1) is 17.3 Å². The highest BCUT2D eigenvalue weighted by atomic mass is 19.1. The lowest BCUT2D eigenvalue weighted by Gasteiger charge is -2.39. The summed E-state index contributed by atoms with van der Waals surface area (Å²) >= 11 is 0. The number of carbonyl (C=O) groups excluding carboxylic acids is 2. The molecule has 2 N–H and O–H groups in total. The van der Waals surface area contributed by atoms with Crippen molar-refractivity contribution in [3.8, 4) is 0 Å². The van der Waals surface area contributed by atoms with Gasteiger partial charge in [-0.25, -0.2) is 4.39 Å². The molecule has 0 aliphatic carbocycles. The van der Waals surface area contributed by atoms with Crippen molar-refractivity contribution in [3.05, 3.63) is 71.5 Å². The zero-order chi connectivity index (χ0) is 18.9. The molecular weight excluding hydrogens is 345 g/mol. The summed E-state index contributed by atoms with van der Waals surface area (Å²) in [6.45, 7) is 0.941. The number of hydrogen-bond donors (Lipinski definition) is 2. The molecule has 1 unspecified atom stereocenters. The second-order valence-electron chi connectivity index (χ2n) is 7.23. The smallest absolute Gasteiger partial charge is 0.256 e. The van der Waals surface area contributed by atoms with Crippen LogP contribution in [-0.4, -0.2) is 41.5 Å². The predicted octanol–water partition coefficient (Wildman–Crippen LogP) is 2.09. The molecule has 140 valence electrons. The molecule has 2 aromatic carbocycles. The molecule has 0 saturated carbocycles. The molecule has 2 aromatic rings. The summed E-state index contributed by atoms with van der Waals surface area (Å²) in [4.78, 5) is 26.7. The van der Waals surface area contributed by atoms with Gasteiger partial charge in [-0.3, -0.25) is 14.9 Å². The zero-order valence-electron chi connectivity index (χ0n) is 15.0. The quantitative estimate of drug-likeness (QED) is 0.873. The molecule has 2 saturated heterocycles. The summed E-state index contributed by atoms with van der Waals surface area (Å²) in [5.74, 6) is -0.807. The number of halogens is 1. The van der Waals surface area contributed by atoms with Gasteiger partial charge in [-0.2, -0.15) is 0 Å². The molecule has 27 heavy (non-hydrogen) atoms. The fraction of sp³-hybridized carbons (Fsp3) is 0.333. The van der Waals surface area contributed by atoms with E-state index in [1.807, 2.05) is 30.3 Å². The van der Waals surface area contributed by atoms with Crippen LogP contribution in [0.5, 0.6) is 0 Å². The first kappa shape index (κ1) is 17.7. The van der Waals surface area contributed by atoms with Gasteiger partial charge in [0.25, 0.3) is 5.91 Å². The minimum atomic E-state index is -0.502. The molecule has 1 atom stereocenters. The molecular formula is C21H22FN3O2. The van der Waals surface area contributed by atoms with E-state index in [4.69, 9.17) is 0 Å². The van der Waals surface area contributed by atoms with Crippen LogP contribution in [0.25, 0.3) is 0 Å². The van der Waals surface area contributed by atoms with Gasteiger partial charge in [0.1, 0.15) is 5.82 Å². The summed E-state index contributed by atoms with van der Waals surface area (Å²) in [6, 6.07) is 15.7. The molecule has 2 fully saturated rings. The van der Waals surface area contributed by atoms with E-state index in [9.17, 15) is 14.0 Å². The third-order valence-electron chi connectivity index (χ3n) is 5.42. The third kappa shape index (κ3) is 3.57. The van der Waals surface area contributed by atoms with Crippen LogP contribution in [0.2, 0.25) is 0 Å². The van der Waals surface area contributed by atoms with E-state index in [1.54, 1.807) is 17.0 Å². The summed E-state index contributed by atoms with van der Waals surface area (Å²) in [7, 11) is 0. The van der Waals surface area contributed by atoms with E-state index in [1.165, 1.54) is 12.1 Å². The average molecular weight is 367 g/mol. The number of carbonyl (C=O) groups is 2. The molecule has 0 radical (unpaired) electrons. The van der Waals surface area contributed by atoms with Crippen molar-refractivity contribution in [2.45, 2.75) is 31.0 Å². The van der Waals surface area contributed by atoms with Crippen LogP contribution in [-0.2, 0) is 11.2 Å². The number of rotatable bonds is 3. The van der Waals surface area contributed by atoms with Gasteiger partial charge < -0.3 is 10.2 Å². The van der Waals surface area contributed by atoms with Crippen molar-refractivity contribution in [1.29, 1.82) is 0 Å². The highest BCUT2D eigenvalue weighted by Gasteiger charge is 2.45. The predicted molar refractivity (Wildman–Crippen MR) is 99.5 cm³/mol. The lowest BCUT2D eigenvalue weighted by Crippen LogP contribution is -2.58. The largest absolute Gasteiger partial charge is 0.338 e. The third-order valence-corrected chi connectivity index (χ3v) is 5.42. The van der Waals surface area contributed by atoms with Crippen molar-refractivity contribution < 1.29 is 14.0 Å². The number of benzene rings is 2. The lowest BCUT2D eigenvalue weighted by atomic mass is 9.96. The maximum atomic E-state index is 13.9. The van der Waals surface area contributed by atoms with Gasteiger partial charge in [-0.15, -0.1) is 0 Å². The lowest BCUT2D eigenvalue weighted by molar-refractivity contribution is -0.121. The van der Waals surface area contributed by atoms with Crippen molar-refractivity contribution in [2.75, 3.05) is 13.1 Å². The van der Waals surface area contributed by atoms with Crippen LogP contribution in [0.3, 0.4) is 0 Å². The number of hydrogen-bond acceptors (Lipinski definition) is 3. The van der Waals surface area contributed by atoms with E-state index in [0.29, 0.717) is 32.4 Å². The Morgan fingerprint density at radius 3 is 2.44 bits per heavy atom. The maximum Gasteiger partial charge on any atom is 0.256 e. The van der Waals surface area contributed by atoms with Crippen LogP contribution in [0.1, 0.15) is 28.8 Å². The summed E-state index contributed by atoms with van der Waals surface area (Å²) in [6.07, 6.45) is 1.83. The monoisotopic (exact) mass is 367 g/mol. The SMILES string of the molecule is O=C1NC2(CCN(C(=O)c3ccccc3F)CC2)NC1Cc1ccccc1. The van der Waals surface area contributed by atoms with Gasteiger partial charge in [0.2, 0.25) is 5.91 Å². The van der Waals surface area contributed by atoms with Crippen LogP contribution in [0.15, 0.2) is 54.6 Å². The Labute approximate surface area is 157 Å². The van der Waals surface area contributed by atoms with Gasteiger partial charge in [-0.1, -0.05) is 42.5 Å². The van der Waals surface area contributed by atoms with Crippen LogP contribution in [0.4, 0.5) is 4.39 Å². The number of likely N-dealkylation sites (tertiary alicyclic amines) is 1. The fourth-order valence-corrected chi connectivity index (χ4v) is 3.92. The van der Waals surface area contributed by atoms with Gasteiger partial charge in [0, 0.05) is 25.9 Å². The minimum Gasteiger partial charge on any atom is -0.338 e. The number of amides is 2. The maximum absolute atomic E-state index is 13.9. The number of nitrogens with zero attached hydrogens (tertiary/aromatic N) is 1. The summed E-state index contributed by atoms with van der Waals surface area (Å²) in [5.41, 5.74) is 0.718. The van der Waals surface area contributed by atoms with Gasteiger partial charge in [-0.05, 0) is 24.1 Å². The first-order valence-corrected chi connectivity index (χ1v) is 9.24. The highest BCUT2D eigenvalue weighted by molar-refractivity contribution is 5.94. The molecule has 2 amide bonds. The molecule has 0 aromatic heterocycles. The van der Waals surface area contributed by atoms with Crippen molar-refractivity contribution in [1.82, 2.24) is 15.5 Å². The highest BCUT2D eigenvalue weighted by Crippen LogP contribution is 2.26. The van der Waals surface area contributed by atoms with Gasteiger partial charge in [0.15, 0.2) is 0 Å². The van der Waals surface area contributed by atoms with E-state index in [0.717, 1.165) is 5.56 Å². The first-order valence-electron chi connectivity index (χ1n) is 9.24.